The Bertz CT molecular complexity index is 602. The number of pyridine rings is 1. The maximum absolute atomic E-state index is 11.8. The molecule has 8 heteroatoms. The van der Waals surface area contributed by atoms with Crippen LogP contribution in [-0.2, 0) is 14.8 Å². The molecule has 1 aliphatic rings. The van der Waals surface area contributed by atoms with Gasteiger partial charge >= 0.3 is 0 Å². The number of hydrogen-bond acceptors (Lipinski definition) is 4. The molecule has 1 aliphatic heterocycles. The van der Waals surface area contributed by atoms with Crippen molar-refractivity contribution in [2.45, 2.75) is 18.6 Å². The monoisotopic (exact) mass is 333 g/mol. The molecule has 0 bridgehead atoms. The van der Waals surface area contributed by atoms with Crippen LogP contribution in [0.15, 0.2) is 16.9 Å². The molecule has 0 radical (unpaired) electrons. The normalized spacial score (nSPS) is 20.5. The van der Waals surface area contributed by atoms with Gasteiger partial charge in [0.25, 0.3) is 0 Å². The molecular weight excluding hydrogens is 322 g/mol. The highest BCUT2D eigenvalue weighted by atomic mass is 79.9. The van der Waals surface area contributed by atoms with Crippen molar-refractivity contribution < 1.29 is 13.2 Å². The van der Waals surface area contributed by atoms with E-state index in [9.17, 15) is 13.2 Å². The predicted molar refractivity (Wildman–Crippen MR) is 70.5 cm³/mol. The molecule has 1 unspecified atom stereocenters. The SMILES string of the molecule is Cc1cc(Br)ncc1N1CC(S(N)(=O)=O)CC1=O. The van der Waals surface area contributed by atoms with E-state index in [1.807, 2.05) is 6.92 Å². The molecule has 1 aromatic rings. The first-order valence-electron chi connectivity index (χ1n) is 5.23. The lowest BCUT2D eigenvalue weighted by Crippen LogP contribution is -2.32. The number of halogens is 1. The fraction of sp³-hybridized carbons (Fsp3) is 0.400. The van der Waals surface area contributed by atoms with Gasteiger partial charge in [-0.05, 0) is 34.5 Å². The summed E-state index contributed by atoms with van der Waals surface area (Å²) in [5.41, 5.74) is 1.47. The molecule has 0 saturated carbocycles. The number of rotatable bonds is 2. The summed E-state index contributed by atoms with van der Waals surface area (Å²) in [6.45, 7) is 1.92. The first-order valence-corrected chi connectivity index (χ1v) is 7.63. The van der Waals surface area contributed by atoms with E-state index in [4.69, 9.17) is 5.14 Å². The smallest absolute Gasteiger partial charge is 0.228 e. The standard InChI is InChI=1S/C10H12BrN3O3S/c1-6-2-9(11)13-4-8(6)14-5-7(3-10(14)15)18(12,16)17/h2,4,7H,3,5H2,1H3,(H2,12,16,17). The third kappa shape index (κ3) is 2.55. The minimum absolute atomic E-state index is 0.0751. The Kier molecular flexibility index (Phi) is 3.43. The molecule has 1 amide bonds. The van der Waals surface area contributed by atoms with Gasteiger partial charge in [0.2, 0.25) is 15.9 Å². The molecule has 2 N–H and O–H groups in total. The van der Waals surface area contributed by atoms with Crippen molar-refractivity contribution >= 4 is 37.5 Å². The minimum Gasteiger partial charge on any atom is -0.309 e. The van der Waals surface area contributed by atoms with E-state index in [-0.39, 0.29) is 18.9 Å². The lowest BCUT2D eigenvalue weighted by Gasteiger charge is -2.18. The van der Waals surface area contributed by atoms with Crippen molar-refractivity contribution in [1.29, 1.82) is 0 Å². The van der Waals surface area contributed by atoms with Crippen LogP contribution in [0.25, 0.3) is 0 Å². The molecule has 2 heterocycles. The van der Waals surface area contributed by atoms with Gasteiger partial charge in [-0.15, -0.1) is 0 Å². The predicted octanol–water partition coefficient (Wildman–Crippen LogP) is 0.546. The Balaban J connectivity index is 2.33. The largest absolute Gasteiger partial charge is 0.309 e. The van der Waals surface area contributed by atoms with Gasteiger partial charge in [0, 0.05) is 13.0 Å². The zero-order valence-electron chi connectivity index (χ0n) is 9.63. The van der Waals surface area contributed by atoms with E-state index in [1.54, 1.807) is 12.3 Å². The van der Waals surface area contributed by atoms with Crippen LogP contribution in [0.3, 0.4) is 0 Å². The highest BCUT2D eigenvalue weighted by Crippen LogP contribution is 2.27. The molecule has 1 fully saturated rings. The van der Waals surface area contributed by atoms with Crippen LogP contribution in [0.4, 0.5) is 5.69 Å². The van der Waals surface area contributed by atoms with Gasteiger partial charge in [0.05, 0.1) is 11.9 Å². The number of carbonyl (C=O) groups excluding carboxylic acids is 1. The van der Waals surface area contributed by atoms with Crippen LogP contribution in [0.2, 0.25) is 0 Å². The average Bonchev–Trinajstić information content (AvgIpc) is 2.60. The maximum Gasteiger partial charge on any atom is 0.228 e. The molecule has 1 aromatic heterocycles. The average molecular weight is 334 g/mol. The zero-order valence-corrected chi connectivity index (χ0v) is 12.0. The van der Waals surface area contributed by atoms with Crippen LogP contribution in [0.1, 0.15) is 12.0 Å². The molecule has 0 aliphatic carbocycles. The fourth-order valence-electron chi connectivity index (χ4n) is 1.92. The Morgan fingerprint density at radius 1 is 1.56 bits per heavy atom. The van der Waals surface area contributed by atoms with Gasteiger partial charge in [-0.25, -0.2) is 18.5 Å². The summed E-state index contributed by atoms with van der Waals surface area (Å²) < 4.78 is 23.2. The second-order valence-corrected chi connectivity index (χ2v) is 6.87. The van der Waals surface area contributed by atoms with Gasteiger partial charge in [-0.2, -0.15) is 0 Å². The Hall–Kier alpha value is -0.990. The highest BCUT2D eigenvalue weighted by Gasteiger charge is 2.37. The van der Waals surface area contributed by atoms with E-state index in [2.05, 4.69) is 20.9 Å². The van der Waals surface area contributed by atoms with Crippen molar-refractivity contribution in [3.8, 4) is 0 Å². The molecule has 0 aromatic carbocycles. The Morgan fingerprint density at radius 2 is 2.22 bits per heavy atom. The van der Waals surface area contributed by atoms with Crippen molar-refractivity contribution in [2.75, 3.05) is 11.4 Å². The lowest BCUT2D eigenvalue weighted by molar-refractivity contribution is -0.117. The highest BCUT2D eigenvalue weighted by molar-refractivity contribution is 9.10. The summed E-state index contributed by atoms with van der Waals surface area (Å²) in [5, 5.41) is 4.24. The molecule has 2 rings (SSSR count). The number of carbonyl (C=O) groups is 1. The van der Waals surface area contributed by atoms with Crippen molar-refractivity contribution in [3.05, 3.63) is 22.4 Å². The summed E-state index contributed by atoms with van der Waals surface area (Å²) in [6, 6.07) is 1.77. The van der Waals surface area contributed by atoms with Crippen molar-refractivity contribution in [1.82, 2.24) is 4.98 Å². The number of hydrogen-bond donors (Lipinski definition) is 1. The second-order valence-electron chi connectivity index (χ2n) is 4.21. The third-order valence-electron chi connectivity index (χ3n) is 2.89. The maximum atomic E-state index is 11.8. The van der Waals surface area contributed by atoms with E-state index in [0.717, 1.165) is 5.56 Å². The number of sulfonamides is 1. The van der Waals surface area contributed by atoms with E-state index >= 15 is 0 Å². The molecule has 6 nitrogen and oxygen atoms in total. The van der Waals surface area contributed by atoms with Crippen molar-refractivity contribution in [2.24, 2.45) is 5.14 Å². The fourth-order valence-corrected chi connectivity index (χ4v) is 3.10. The molecule has 0 spiro atoms. The summed E-state index contributed by atoms with van der Waals surface area (Å²) in [6.07, 6.45) is 1.47. The van der Waals surface area contributed by atoms with Gasteiger partial charge in [0.1, 0.15) is 9.85 Å². The first-order chi connectivity index (χ1) is 8.29. The first kappa shape index (κ1) is 13.4. The zero-order chi connectivity index (χ0) is 13.5. The molecule has 18 heavy (non-hydrogen) atoms. The third-order valence-corrected chi connectivity index (χ3v) is 4.57. The molecule has 1 saturated heterocycles. The van der Waals surface area contributed by atoms with Gasteiger partial charge in [0.15, 0.2) is 0 Å². The number of amides is 1. The van der Waals surface area contributed by atoms with Crippen LogP contribution < -0.4 is 10.0 Å². The van der Waals surface area contributed by atoms with Gasteiger partial charge < -0.3 is 4.90 Å². The number of nitrogens with zero attached hydrogens (tertiary/aromatic N) is 2. The van der Waals surface area contributed by atoms with E-state index in [0.29, 0.717) is 10.3 Å². The number of anilines is 1. The number of nitrogens with two attached hydrogens (primary N) is 1. The second kappa shape index (κ2) is 4.60. The Labute approximate surface area is 113 Å². The summed E-state index contributed by atoms with van der Waals surface area (Å²) in [7, 11) is -3.69. The van der Waals surface area contributed by atoms with Crippen LogP contribution in [0, 0.1) is 6.92 Å². The van der Waals surface area contributed by atoms with Crippen LogP contribution >= 0.6 is 15.9 Å². The van der Waals surface area contributed by atoms with Crippen LogP contribution in [0.5, 0.6) is 0 Å². The molecule has 1 atom stereocenters. The summed E-state index contributed by atoms with van der Waals surface area (Å²) in [4.78, 5) is 17.3. The van der Waals surface area contributed by atoms with E-state index < -0.39 is 15.3 Å². The number of aryl methyl sites for hydroxylation is 1. The van der Waals surface area contributed by atoms with Gasteiger partial charge in [-0.1, -0.05) is 0 Å². The Morgan fingerprint density at radius 3 is 2.72 bits per heavy atom. The topological polar surface area (TPSA) is 93.4 Å². The molecular formula is C10H12BrN3O3S. The quantitative estimate of drug-likeness (QED) is 0.799. The number of primary sulfonamides is 1. The van der Waals surface area contributed by atoms with Crippen molar-refractivity contribution in [3.63, 3.8) is 0 Å². The molecule has 98 valence electrons. The van der Waals surface area contributed by atoms with Gasteiger partial charge in [-0.3, -0.25) is 4.79 Å². The lowest BCUT2D eigenvalue weighted by atomic mass is 10.2. The minimum atomic E-state index is -3.69. The summed E-state index contributed by atoms with van der Waals surface area (Å²) in [5.74, 6) is -0.249. The number of aromatic nitrogens is 1. The van der Waals surface area contributed by atoms with Crippen LogP contribution in [-0.4, -0.2) is 31.1 Å². The summed E-state index contributed by atoms with van der Waals surface area (Å²) >= 11 is 3.23. The van der Waals surface area contributed by atoms with E-state index in [1.165, 1.54) is 4.90 Å².